The molecule has 0 bridgehead atoms. The van der Waals surface area contributed by atoms with Crippen LogP contribution < -0.4 is 9.47 Å². The van der Waals surface area contributed by atoms with Crippen molar-refractivity contribution in [3.63, 3.8) is 0 Å². The Bertz CT molecular complexity index is 653. The molecule has 6 nitrogen and oxygen atoms in total. The molecule has 0 amide bonds. The van der Waals surface area contributed by atoms with Gasteiger partial charge in [0.25, 0.3) is 0 Å². The van der Waals surface area contributed by atoms with E-state index in [0.29, 0.717) is 30.8 Å². The van der Waals surface area contributed by atoms with Crippen molar-refractivity contribution in [1.29, 1.82) is 0 Å². The number of carbonyl (C=O) groups excluding carboxylic acids is 1. The van der Waals surface area contributed by atoms with Gasteiger partial charge < -0.3 is 29.6 Å². The van der Waals surface area contributed by atoms with Gasteiger partial charge in [0.2, 0.25) is 0 Å². The maximum Gasteiger partial charge on any atom is 0.128 e. The molecule has 0 aromatic heterocycles. The van der Waals surface area contributed by atoms with Crippen LogP contribution in [0.3, 0.4) is 0 Å². The summed E-state index contributed by atoms with van der Waals surface area (Å²) < 4.78 is 11.0. The zero-order chi connectivity index (χ0) is 18.8. The molecule has 140 valence electrons. The number of aliphatic hydroxyl groups is 3. The Kier molecular flexibility index (Phi) is 8.08. The number of aliphatic hydroxyl groups excluding tert-OH is 3. The van der Waals surface area contributed by atoms with Crippen molar-refractivity contribution < 1.29 is 29.6 Å². The second-order valence-electron chi connectivity index (χ2n) is 5.91. The first-order valence-electron chi connectivity index (χ1n) is 8.47. The number of rotatable bonds is 11. The Balaban J connectivity index is 1.89. The molecule has 2 aromatic rings. The Labute approximate surface area is 152 Å². The van der Waals surface area contributed by atoms with Crippen LogP contribution in [0.1, 0.15) is 6.42 Å². The molecule has 0 aliphatic rings. The molecule has 0 saturated heterocycles. The fourth-order valence-electron chi connectivity index (χ4n) is 2.23. The lowest BCUT2D eigenvalue weighted by Crippen LogP contribution is -2.17. The lowest BCUT2D eigenvalue weighted by Gasteiger charge is -2.11. The summed E-state index contributed by atoms with van der Waals surface area (Å²) in [6.07, 6.45) is 0.304. The fraction of sp³-hybridized carbons (Fsp3) is 0.350. The van der Waals surface area contributed by atoms with Crippen molar-refractivity contribution in [2.24, 2.45) is 5.92 Å². The van der Waals surface area contributed by atoms with Gasteiger partial charge in [0, 0.05) is 6.42 Å². The van der Waals surface area contributed by atoms with Gasteiger partial charge in [-0.15, -0.1) is 0 Å². The lowest BCUT2D eigenvalue weighted by molar-refractivity contribution is -0.113. The van der Waals surface area contributed by atoms with E-state index in [1.165, 1.54) is 0 Å². The van der Waals surface area contributed by atoms with Gasteiger partial charge in [-0.3, -0.25) is 0 Å². The summed E-state index contributed by atoms with van der Waals surface area (Å²) in [5, 5.41) is 27.0. The Hall–Kier alpha value is -2.41. The van der Waals surface area contributed by atoms with Gasteiger partial charge in [0.15, 0.2) is 0 Å². The maximum atomic E-state index is 10.7. The summed E-state index contributed by atoms with van der Waals surface area (Å²) in [6.45, 7) is -0.00807. The van der Waals surface area contributed by atoms with Crippen LogP contribution in [0.15, 0.2) is 48.5 Å². The molecular weight excluding hydrogens is 336 g/mol. The topological polar surface area (TPSA) is 96.2 Å². The molecule has 0 fully saturated rings. The quantitative estimate of drug-likeness (QED) is 0.528. The summed E-state index contributed by atoms with van der Waals surface area (Å²) in [7, 11) is 0. The Morgan fingerprint density at radius 2 is 1.38 bits per heavy atom. The van der Waals surface area contributed by atoms with Gasteiger partial charge in [-0.2, -0.15) is 0 Å². The molecule has 2 atom stereocenters. The summed E-state index contributed by atoms with van der Waals surface area (Å²) in [5.74, 6) is 0.819. The van der Waals surface area contributed by atoms with Crippen molar-refractivity contribution in [1.82, 2.24) is 0 Å². The highest BCUT2D eigenvalue weighted by atomic mass is 16.5. The number of hydrogen-bond acceptors (Lipinski definition) is 6. The molecule has 2 unspecified atom stereocenters. The summed E-state index contributed by atoms with van der Waals surface area (Å²) >= 11 is 0. The third-order valence-electron chi connectivity index (χ3n) is 3.86. The second-order valence-corrected chi connectivity index (χ2v) is 5.91. The first-order chi connectivity index (χ1) is 12.7. The van der Waals surface area contributed by atoms with Crippen LogP contribution in [0.4, 0.5) is 0 Å². The molecule has 0 radical (unpaired) electrons. The highest BCUT2D eigenvalue weighted by molar-refractivity contribution is 5.64. The first kappa shape index (κ1) is 19.9. The minimum Gasteiger partial charge on any atom is -0.493 e. The van der Waals surface area contributed by atoms with E-state index in [0.717, 1.165) is 11.1 Å². The van der Waals surface area contributed by atoms with E-state index < -0.39 is 12.0 Å². The van der Waals surface area contributed by atoms with Crippen LogP contribution in [0, 0.1) is 5.92 Å². The molecular formula is C20H24O6. The van der Waals surface area contributed by atoms with E-state index in [1.807, 2.05) is 48.5 Å². The van der Waals surface area contributed by atoms with Gasteiger partial charge in [-0.25, -0.2) is 0 Å². The summed E-state index contributed by atoms with van der Waals surface area (Å²) in [4.78, 5) is 10.7. The monoisotopic (exact) mass is 360 g/mol. The molecule has 2 aromatic carbocycles. The van der Waals surface area contributed by atoms with Crippen molar-refractivity contribution in [3.8, 4) is 22.6 Å². The average Bonchev–Trinajstić information content (AvgIpc) is 2.69. The predicted molar refractivity (Wildman–Crippen MR) is 97.2 cm³/mol. The van der Waals surface area contributed by atoms with E-state index in [4.69, 9.17) is 19.7 Å². The van der Waals surface area contributed by atoms with E-state index in [1.54, 1.807) is 0 Å². The molecule has 0 saturated carbocycles. The number of ether oxygens (including phenoxy) is 2. The van der Waals surface area contributed by atoms with Crippen molar-refractivity contribution in [3.05, 3.63) is 48.5 Å². The minimum atomic E-state index is -0.755. The highest BCUT2D eigenvalue weighted by Gasteiger charge is 2.07. The Morgan fingerprint density at radius 1 is 0.846 bits per heavy atom. The van der Waals surface area contributed by atoms with Crippen LogP contribution in [-0.2, 0) is 4.79 Å². The number of hydrogen-bond donors (Lipinski definition) is 3. The first-order valence-corrected chi connectivity index (χ1v) is 8.47. The molecule has 3 N–H and O–H groups in total. The third kappa shape index (κ3) is 6.15. The van der Waals surface area contributed by atoms with Crippen LogP contribution in [0.2, 0.25) is 0 Å². The van der Waals surface area contributed by atoms with E-state index in [2.05, 4.69) is 0 Å². The van der Waals surface area contributed by atoms with Crippen molar-refractivity contribution in [2.45, 2.75) is 12.5 Å². The van der Waals surface area contributed by atoms with Crippen molar-refractivity contribution >= 4 is 6.29 Å². The van der Waals surface area contributed by atoms with E-state index in [9.17, 15) is 9.90 Å². The maximum absolute atomic E-state index is 10.7. The molecule has 26 heavy (non-hydrogen) atoms. The van der Waals surface area contributed by atoms with Crippen LogP contribution >= 0.6 is 0 Å². The third-order valence-corrected chi connectivity index (χ3v) is 3.86. The van der Waals surface area contributed by atoms with E-state index in [-0.39, 0.29) is 19.8 Å². The van der Waals surface area contributed by atoms with Crippen LogP contribution in [0.25, 0.3) is 11.1 Å². The SMILES string of the molecule is O=CC(CO)COc1ccc(-c2ccc(OCCC(O)CO)cc2)cc1. The number of aldehydes is 1. The number of carbonyl (C=O) groups is 1. The number of benzene rings is 2. The molecule has 0 spiro atoms. The van der Waals surface area contributed by atoms with Gasteiger partial charge in [-0.05, 0) is 35.4 Å². The van der Waals surface area contributed by atoms with Gasteiger partial charge in [0.1, 0.15) is 17.8 Å². The average molecular weight is 360 g/mol. The largest absolute Gasteiger partial charge is 0.493 e. The highest BCUT2D eigenvalue weighted by Crippen LogP contribution is 2.25. The molecule has 0 aliphatic carbocycles. The van der Waals surface area contributed by atoms with Gasteiger partial charge in [0.05, 0.1) is 38.4 Å². The minimum absolute atomic E-state index is 0.149. The van der Waals surface area contributed by atoms with Crippen LogP contribution in [0.5, 0.6) is 11.5 Å². The molecule has 0 aliphatic heterocycles. The van der Waals surface area contributed by atoms with Gasteiger partial charge >= 0.3 is 0 Å². The molecule has 6 heteroatoms. The lowest BCUT2D eigenvalue weighted by atomic mass is 10.1. The van der Waals surface area contributed by atoms with Gasteiger partial charge in [-0.1, -0.05) is 24.3 Å². The van der Waals surface area contributed by atoms with E-state index >= 15 is 0 Å². The van der Waals surface area contributed by atoms with Crippen LogP contribution in [-0.4, -0.2) is 54.1 Å². The normalized spacial score (nSPS) is 13.0. The standard InChI is InChI=1S/C20H24O6/c21-11-15(12-22)14-26-20-7-3-17(4-8-20)16-1-5-19(6-2-16)25-10-9-18(24)13-23/h1-8,11,15,18,22-24H,9-10,12-14H2. The zero-order valence-electron chi connectivity index (χ0n) is 14.5. The predicted octanol–water partition coefficient (Wildman–Crippen LogP) is 1.66. The summed E-state index contributed by atoms with van der Waals surface area (Å²) in [5.41, 5.74) is 2.02. The molecule has 2 rings (SSSR count). The smallest absolute Gasteiger partial charge is 0.128 e. The fourth-order valence-corrected chi connectivity index (χ4v) is 2.23. The summed E-state index contributed by atoms with van der Waals surface area (Å²) in [6, 6.07) is 15.0. The second kappa shape index (κ2) is 10.6. The van der Waals surface area contributed by atoms with Crippen molar-refractivity contribution in [2.75, 3.05) is 26.4 Å². The molecule has 0 heterocycles. The zero-order valence-corrected chi connectivity index (χ0v) is 14.5. The Morgan fingerprint density at radius 3 is 1.85 bits per heavy atom.